The van der Waals surface area contributed by atoms with Crippen LogP contribution in [0.1, 0.15) is 13.3 Å². The molecule has 98 valence electrons. The lowest BCUT2D eigenvalue weighted by atomic mass is 10.1. The number of likely N-dealkylation sites (N-methyl/N-ethyl adjacent to an activating group) is 1. The smallest absolute Gasteiger partial charge is 0.305 e. The number of aliphatic carboxylic acids is 1. The highest BCUT2D eigenvalue weighted by atomic mass is 16.4. The van der Waals surface area contributed by atoms with Crippen LogP contribution in [0.4, 0.5) is 0 Å². The zero-order valence-electron chi connectivity index (χ0n) is 10.6. The van der Waals surface area contributed by atoms with Crippen LogP contribution in [0.5, 0.6) is 0 Å². The summed E-state index contributed by atoms with van der Waals surface area (Å²) in [5, 5.41) is 11.7. The van der Waals surface area contributed by atoms with E-state index in [1.807, 2.05) is 25.9 Å². The maximum absolute atomic E-state index is 12.1. The monoisotopic (exact) mass is 243 g/mol. The molecule has 0 aromatic carbocycles. The number of carboxylic acids is 1. The van der Waals surface area contributed by atoms with E-state index in [2.05, 4.69) is 5.32 Å². The molecular weight excluding hydrogens is 222 g/mol. The van der Waals surface area contributed by atoms with Crippen molar-refractivity contribution >= 4 is 11.9 Å². The summed E-state index contributed by atoms with van der Waals surface area (Å²) in [4.78, 5) is 26.5. The second-order valence-corrected chi connectivity index (χ2v) is 4.74. The Hall–Kier alpha value is -1.14. The summed E-state index contributed by atoms with van der Waals surface area (Å²) in [6, 6.07) is -0.460. The normalized spacial score (nSPS) is 25.4. The number of carbonyl (C=O) groups is 2. The fourth-order valence-electron chi connectivity index (χ4n) is 1.90. The van der Waals surface area contributed by atoms with E-state index in [4.69, 9.17) is 5.11 Å². The molecule has 1 heterocycles. The minimum absolute atomic E-state index is 0.104. The fourth-order valence-corrected chi connectivity index (χ4v) is 1.90. The van der Waals surface area contributed by atoms with Crippen LogP contribution in [0.3, 0.4) is 0 Å². The molecule has 0 saturated carbocycles. The Labute approximate surface area is 102 Å². The molecule has 0 aromatic heterocycles. The Morgan fingerprint density at radius 1 is 1.59 bits per heavy atom. The highest BCUT2D eigenvalue weighted by Crippen LogP contribution is 2.10. The number of nitrogens with zero attached hydrogens (tertiary/aromatic N) is 2. The van der Waals surface area contributed by atoms with Crippen molar-refractivity contribution in [1.29, 1.82) is 0 Å². The molecular formula is C11H21N3O3. The SMILES string of the molecule is CC1CNC(CC(=O)O)C(=O)N1CCN(C)C. The van der Waals surface area contributed by atoms with Gasteiger partial charge >= 0.3 is 5.97 Å². The number of piperazine rings is 1. The highest BCUT2D eigenvalue weighted by Gasteiger charge is 2.33. The summed E-state index contributed by atoms with van der Waals surface area (Å²) >= 11 is 0. The van der Waals surface area contributed by atoms with Crippen LogP contribution >= 0.6 is 0 Å². The molecule has 1 aliphatic heterocycles. The van der Waals surface area contributed by atoms with Gasteiger partial charge in [-0.3, -0.25) is 9.59 Å². The van der Waals surface area contributed by atoms with Crippen molar-refractivity contribution in [2.24, 2.45) is 0 Å². The van der Waals surface area contributed by atoms with Gasteiger partial charge in [0.15, 0.2) is 0 Å². The van der Waals surface area contributed by atoms with Gasteiger partial charge < -0.3 is 20.2 Å². The first-order chi connectivity index (χ1) is 7.91. The molecule has 2 atom stereocenters. The topological polar surface area (TPSA) is 72.9 Å². The minimum atomic E-state index is -0.946. The van der Waals surface area contributed by atoms with Gasteiger partial charge in [0.2, 0.25) is 5.91 Å². The van der Waals surface area contributed by atoms with Gasteiger partial charge in [0.25, 0.3) is 0 Å². The molecule has 0 aliphatic carbocycles. The highest BCUT2D eigenvalue weighted by molar-refractivity contribution is 5.87. The summed E-state index contributed by atoms with van der Waals surface area (Å²) in [7, 11) is 3.90. The standard InChI is InChI=1S/C11H21N3O3/c1-8-7-12-9(6-10(15)16)11(17)14(8)5-4-13(2)3/h8-9,12H,4-7H2,1-3H3,(H,15,16). The Morgan fingerprint density at radius 3 is 2.76 bits per heavy atom. The predicted molar refractivity (Wildman–Crippen MR) is 63.8 cm³/mol. The first-order valence-electron chi connectivity index (χ1n) is 5.82. The number of amides is 1. The van der Waals surface area contributed by atoms with Crippen molar-refractivity contribution in [3.8, 4) is 0 Å². The molecule has 0 radical (unpaired) electrons. The van der Waals surface area contributed by atoms with Crippen molar-refractivity contribution in [2.75, 3.05) is 33.7 Å². The second kappa shape index (κ2) is 5.97. The fraction of sp³-hybridized carbons (Fsp3) is 0.818. The van der Waals surface area contributed by atoms with Crippen molar-refractivity contribution in [3.05, 3.63) is 0 Å². The molecule has 1 saturated heterocycles. The quantitative estimate of drug-likeness (QED) is 0.662. The van der Waals surface area contributed by atoms with Crippen LogP contribution in [-0.4, -0.2) is 72.6 Å². The first-order valence-corrected chi connectivity index (χ1v) is 5.82. The van der Waals surface area contributed by atoms with Crippen molar-refractivity contribution < 1.29 is 14.7 Å². The number of hydrogen-bond donors (Lipinski definition) is 2. The average Bonchev–Trinajstić information content (AvgIpc) is 2.21. The lowest BCUT2D eigenvalue weighted by Gasteiger charge is -2.38. The predicted octanol–water partition coefficient (Wildman–Crippen LogP) is -0.788. The van der Waals surface area contributed by atoms with Crippen LogP contribution in [0, 0.1) is 0 Å². The van der Waals surface area contributed by atoms with Crippen LogP contribution in [0.2, 0.25) is 0 Å². The number of carboxylic acid groups (broad SMARTS) is 1. The minimum Gasteiger partial charge on any atom is -0.481 e. The van der Waals surface area contributed by atoms with E-state index in [1.54, 1.807) is 4.90 Å². The molecule has 2 N–H and O–H groups in total. The second-order valence-electron chi connectivity index (χ2n) is 4.74. The number of nitrogens with one attached hydrogen (secondary N) is 1. The van der Waals surface area contributed by atoms with Crippen LogP contribution < -0.4 is 5.32 Å². The zero-order valence-corrected chi connectivity index (χ0v) is 10.6. The Kier molecular flexibility index (Phi) is 4.89. The Morgan fingerprint density at radius 2 is 2.24 bits per heavy atom. The lowest BCUT2D eigenvalue weighted by molar-refractivity contribution is -0.145. The van der Waals surface area contributed by atoms with Crippen molar-refractivity contribution in [3.63, 3.8) is 0 Å². The number of rotatable bonds is 5. The van der Waals surface area contributed by atoms with Crippen molar-refractivity contribution in [1.82, 2.24) is 15.1 Å². The molecule has 1 aliphatic rings. The third kappa shape index (κ3) is 3.98. The molecule has 0 spiro atoms. The van der Waals surface area contributed by atoms with E-state index >= 15 is 0 Å². The largest absolute Gasteiger partial charge is 0.481 e. The van der Waals surface area contributed by atoms with Crippen LogP contribution in [0.15, 0.2) is 0 Å². The van der Waals surface area contributed by atoms with E-state index in [0.717, 1.165) is 6.54 Å². The van der Waals surface area contributed by atoms with Gasteiger partial charge in [-0.25, -0.2) is 0 Å². The lowest BCUT2D eigenvalue weighted by Crippen LogP contribution is -2.60. The summed E-state index contributed by atoms with van der Waals surface area (Å²) < 4.78 is 0. The third-order valence-electron chi connectivity index (χ3n) is 2.94. The molecule has 17 heavy (non-hydrogen) atoms. The Balaban J connectivity index is 2.59. The summed E-state index contributed by atoms with van der Waals surface area (Å²) in [5.74, 6) is -1.05. The van der Waals surface area contributed by atoms with Gasteiger partial charge in [0, 0.05) is 25.7 Å². The molecule has 0 bridgehead atoms. The van der Waals surface area contributed by atoms with E-state index in [9.17, 15) is 9.59 Å². The molecule has 2 unspecified atom stereocenters. The van der Waals surface area contributed by atoms with E-state index in [0.29, 0.717) is 13.1 Å². The first kappa shape index (κ1) is 13.9. The van der Waals surface area contributed by atoms with Gasteiger partial charge in [-0.2, -0.15) is 0 Å². The molecule has 0 aromatic rings. The summed E-state index contributed by atoms with van der Waals surface area (Å²) in [6.07, 6.45) is -0.149. The average molecular weight is 243 g/mol. The Bertz CT molecular complexity index is 294. The van der Waals surface area contributed by atoms with Gasteiger partial charge in [-0.1, -0.05) is 0 Å². The molecule has 1 fully saturated rings. The van der Waals surface area contributed by atoms with E-state index in [-0.39, 0.29) is 18.4 Å². The van der Waals surface area contributed by atoms with Gasteiger partial charge in [-0.05, 0) is 21.0 Å². The van der Waals surface area contributed by atoms with Gasteiger partial charge in [-0.15, -0.1) is 0 Å². The number of hydrogen-bond acceptors (Lipinski definition) is 4. The third-order valence-corrected chi connectivity index (χ3v) is 2.94. The van der Waals surface area contributed by atoms with Crippen LogP contribution in [-0.2, 0) is 9.59 Å². The molecule has 6 nitrogen and oxygen atoms in total. The molecule has 6 heteroatoms. The van der Waals surface area contributed by atoms with Gasteiger partial charge in [0.05, 0.1) is 12.5 Å². The van der Waals surface area contributed by atoms with E-state index < -0.39 is 12.0 Å². The number of carbonyl (C=O) groups excluding carboxylic acids is 1. The maximum Gasteiger partial charge on any atom is 0.305 e. The van der Waals surface area contributed by atoms with Gasteiger partial charge in [0.1, 0.15) is 0 Å². The zero-order chi connectivity index (χ0) is 13.0. The molecule has 1 rings (SSSR count). The summed E-state index contributed by atoms with van der Waals surface area (Å²) in [5.41, 5.74) is 0. The summed E-state index contributed by atoms with van der Waals surface area (Å²) in [6.45, 7) is 4.05. The van der Waals surface area contributed by atoms with E-state index in [1.165, 1.54) is 0 Å². The van der Waals surface area contributed by atoms with Crippen molar-refractivity contribution in [2.45, 2.75) is 25.4 Å². The molecule has 1 amide bonds. The maximum atomic E-state index is 12.1. The van der Waals surface area contributed by atoms with Crippen LogP contribution in [0.25, 0.3) is 0 Å².